The molecular formula is C28H22BrNO7. The number of halogens is 1. The first-order valence-corrected chi connectivity index (χ1v) is 12.0. The second kappa shape index (κ2) is 9.67. The second-order valence-electron chi connectivity index (χ2n) is 8.07. The number of carbonyl (C=O) groups is 1. The predicted molar refractivity (Wildman–Crippen MR) is 143 cm³/mol. The van der Waals surface area contributed by atoms with Crippen LogP contribution >= 0.6 is 15.9 Å². The van der Waals surface area contributed by atoms with E-state index < -0.39 is 0 Å². The fourth-order valence-corrected chi connectivity index (χ4v) is 4.80. The van der Waals surface area contributed by atoms with Crippen LogP contribution in [-0.2, 0) is 0 Å². The van der Waals surface area contributed by atoms with Crippen LogP contribution < -0.4 is 24.4 Å². The zero-order chi connectivity index (χ0) is 26.3. The first kappa shape index (κ1) is 24.5. The van der Waals surface area contributed by atoms with Gasteiger partial charge in [0.2, 0.25) is 5.75 Å². The molecule has 188 valence electrons. The molecule has 0 bridgehead atoms. The largest absolute Gasteiger partial charge is 0.496 e. The molecule has 0 unspecified atom stereocenters. The first-order chi connectivity index (χ1) is 17.9. The van der Waals surface area contributed by atoms with E-state index in [1.165, 1.54) is 39.1 Å². The number of rotatable bonds is 6. The summed E-state index contributed by atoms with van der Waals surface area (Å²) in [5, 5.41) is 0.961. The minimum Gasteiger partial charge on any atom is -0.496 e. The summed E-state index contributed by atoms with van der Waals surface area (Å²) in [6.45, 7) is 0. The molecule has 0 N–H and O–H groups in total. The SMILES string of the molecule is COc1ccc(Br)cc1C(=O)n1cc(-c2cc(=O)c3c(OC)c(OC)c(OC)cc3o2)c2ccccc21. The van der Waals surface area contributed by atoms with Crippen LogP contribution in [0, 0.1) is 0 Å². The van der Waals surface area contributed by atoms with Gasteiger partial charge in [-0.2, -0.15) is 0 Å². The third-order valence-corrected chi connectivity index (χ3v) is 6.60. The number of nitrogens with zero attached hydrogens (tertiary/aromatic N) is 1. The Morgan fingerprint density at radius 3 is 2.30 bits per heavy atom. The number of fused-ring (bicyclic) bond motifs is 2. The van der Waals surface area contributed by atoms with E-state index in [0.717, 1.165) is 9.86 Å². The molecule has 0 aliphatic carbocycles. The molecule has 0 radical (unpaired) electrons. The van der Waals surface area contributed by atoms with Gasteiger partial charge in [0.15, 0.2) is 16.9 Å². The summed E-state index contributed by atoms with van der Waals surface area (Å²) in [4.78, 5) is 27.0. The van der Waals surface area contributed by atoms with E-state index in [0.29, 0.717) is 33.9 Å². The van der Waals surface area contributed by atoms with Gasteiger partial charge in [0.05, 0.1) is 39.5 Å². The lowest BCUT2D eigenvalue weighted by Gasteiger charge is -2.14. The molecular weight excluding hydrogens is 542 g/mol. The maximum Gasteiger partial charge on any atom is 0.266 e. The topological polar surface area (TPSA) is 89.1 Å². The summed E-state index contributed by atoms with van der Waals surface area (Å²) < 4.78 is 30.2. The Balaban J connectivity index is 1.75. The predicted octanol–water partition coefficient (Wildman–Crippen LogP) is 5.90. The van der Waals surface area contributed by atoms with Gasteiger partial charge in [-0.3, -0.25) is 14.2 Å². The molecule has 37 heavy (non-hydrogen) atoms. The number of hydrogen-bond donors (Lipinski definition) is 0. The Labute approximate surface area is 220 Å². The summed E-state index contributed by atoms with van der Waals surface area (Å²) in [5.74, 6) is 1.30. The number of carbonyl (C=O) groups excluding carboxylic acids is 1. The van der Waals surface area contributed by atoms with Gasteiger partial charge in [0, 0.05) is 33.8 Å². The molecule has 5 rings (SSSR count). The highest BCUT2D eigenvalue weighted by molar-refractivity contribution is 9.10. The lowest BCUT2D eigenvalue weighted by Crippen LogP contribution is -2.12. The number of aromatic nitrogens is 1. The summed E-state index contributed by atoms with van der Waals surface area (Å²) in [6, 6.07) is 15.6. The average Bonchev–Trinajstić information content (AvgIpc) is 3.31. The van der Waals surface area contributed by atoms with E-state index in [4.69, 9.17) is 23.4 Å². The van der Waals surface area contributed by atoms with E-state index in [1.54, 1.807) is 30.5 Å². The first-order valence-electron chi connectivity index (χ1n) is 11.2. The van der Waals surface area contributed by atoms with E-state index in [-0.39, 0.29) is 33.8 Å². The van der Waals surface area contributed by atoms with Crippen LogP contribution in [0.2, 0.25) is 0 Å². The van der Waals surface area contributed by atoms with Gasteiger partial charge in [0.1, 0.15) is 22.5 Å². The lowest BCUT2D eigenvalue weighted by atomic mass is 10.1. The molecule has 8 nitrogen and oxygen atoms in total. The second-order valence-corrected chi connectivity index (χ2v) is 8.99. The van der Waals surface area contributed by atoms with Gasteiger partial charge in [-0.25, -0.2) is 0 Å². The summed E-state index contributed by atoms with van der Waals surface area (Å²) in [5.41, 5.74) is 1.54. The normalized spacial score (nSPS) is 11.1. The van der Waals surface area contributed by atoms with Crippen molar-refractivity contribution in [2.75, 3.05) is 28.4 Å². The lowest BCUT2D eigenvalue weighted by molar-refractivity contribution is 0.0962. The third kappa shape index (κ3) is 4.01. The van der Waals surface area contributed by atoms with Crippen LogP contribution in [-0.4, -0.2) is 38.9 Å². The van der Waals surface area contributed by atoms with Crippen LogP contribution in [0.1, 0.15) is 10.4 Å². The minimum atomic E-state index is -0.328. The van der Waals surface area contributed by atoms with Crippen molar-refractivity contribution in [1.82, 2.24) is 4.57 Å². The van der Waals surface area contributed by atoms with Gasteiger partial charge < -0.3 is 23.4 Å². The molecule has 0 aliphatic heterocycles. The molecule has 0 aliphatic rings. The molecule has 0 saturated carbocycles. The van der Waals surface area contributed by atoms with Crippen molar-refractivity contribution in [1.29, 1.82) is 0 Å². The van der Waals surface area contributed by atoms with E-state index in [2.05, 4.69) is 15.9 Å². The molecule has 9 heteroatoms. The number of hydrogen-bond acceptors (Lipinski definition) is 7. The fraction of sp³-hybridized carbons (Fsp3) is 0.143. The highest BCUT2D eigenvalue weighted by Crippen LogP contribution is 2.43. The van der Waals surface area contributed by atoms with Gasteiger partial charge in [-0.15, -0.1) is 0 Å². The number of benzene rings is 3. The molecule has 0 fully saturated rings. The van der Waals surface area contributed by atoms with Crippen molar-refractivity contribution >= 4 is 43.7 Å². The Hall–Kier alpha value is -4.24. The maximum absolute atomic E-state index is 13.7. The zero-order valence-corrected chi connectivity index (χ0v) is 22.0. The van der Waals surface area contributed by atoms with Crippen LogP contribution in [0.3, 0.4) is 0 Å². The Morgan fingerprint density at radius 1 is 0.865 bits per heavy atom. The Kier molecular flexibility index (Phi) is 6.39. The van der Waals surface area contributed by atoms with Crippen molar-refractivity contribution in [2.24, 2.45) is 0 Å². The van der Waals surface area contributed by atoms with E-state index in [9.17, 15) is 9.59 Å². The quantitative estimate of drug-likeness (QED) is 0.254. The number of para-hydroxylation sites is 1. The standard InChI is InChI=1S/C28H22BrNO7/c1-33-21-10-9-15(29)11-17(21)28(32)30-14-18(16-7-5-6-8-19(16)30)22-12-20(31)25-23(37-22)13-24(34-2)26(35-3)27(25)36-4/h5-14H,1-4H3. The van der Waals surface area contributed by atoms with Gasteiger partial charge >= 0.3 is 0 Å². The van der Waals surface area contributed by atoms with Crippen LogP contribution in [0.25, 0.3) is 33.2 Å². The summed E-state index contributed by atoms with van der Waals surface area (Å²) >= 11 is 3.43. The molecule has 0 saturated heterocycles. The molecule has 3 aromatic carbocycles. The van der Waals surface area contributed by atoms with Gasteiger partial charge in [0.25, 0.3) is 5.91 Å². The van der Waals surface area contributed by atoms with Crippen LogP contribution in [0.5, 0.6) is 23.0 Å². The highest BCUT2D eigenvalue weighted by Gasteiger charge is 2.24. The molecule has 5 aromatic rings. The number of ether oxygens (including phenoxy) is 4. The smallest absolute Gasteiger partial charge is 0.266 e. The van der Waals surface area contributed by atoms with Gasteiger partial charge in [-0.05, 0) is 24.3 Å². The summed E-state index contributed by atoms with van der Waals surface area (Å²) in [6.07, 6.45) is 1.66. The Morgan fingerprint density at radius 2 is 1.59 bits per heavy atom. The monoisotopic (exact) mass is 563 g/mol. The highest BCUT2D eigenvalue weighted by atomic mass is 79.9. The number of methoxy groups -OCH3 is 4. The molecule has 2 aromatic heterocycles. The van der Waals surface area contributed by atoms with Crippen molar-refractivity contribution in [3.8, 4) is 34.3 Å². The molecule has 2 heterocycles. The molecule has 0 amide bonds. The zero-order valence-electron chi connectivity index (χ0n) is 20.5. The van der Waals surface area contributed by atoms with Crippen molar-refractivity contribution in [3.05, 3.63) is 81.1 Å². The molecule has 0 spiro atoms. The van der Waals surface area contributed by atoms with Crippen LogP contribution in [0.15, 0.2) is 74.5 Å². The van der Waals surface area contributed by atoms with Gasteiger partial charge in [-0.1, -0.05) is 34.1 Å². The minimum absolute atomic E-state index is 0.219. The van der Waals surface area contributed by atoms with Crippen molar-refractivity contribution < 1.29 is 28.2 Å². The van der Waals surface area contributed by atoms with Crippen LogP contribution in [0.4, 0.5) is 0 Å². The van der Waals surface area contributed by atoms with Crippen molar-refractivity contribution in [2.45, 2.75) is 0 Å². The maximum atomic E-state index is 13.7. The summed E-state index contributed by atoms with van der Waals surface area (Å²) in [7, 11) is 5.91. The average molecular weight is 564 g/mol. The van der Waals surface area contributed by atoms with E-state index in [1.807, 2.05) is 24.3 Å². The fourth-order valence-electron chi connectivity index (χ4n) is 4.44. The van der Waals surface area contributed by atoms with Crippen molar-refractivity contribution in [3.63, 3.8) is 0 Å². The third-order valence-electron chi connectivity index (χ3n) is 6.11. The molecule has 0 atom stereocenters. The van der Waals surface area contributed by atoms with E-state index >= 15 is 0 Å². The Bertz CT molecular complexity index is 1730.